The molecule has 164 valence electrons. The first-order valence-electron chi connectivity index (χ1n) is 10.8. The van der Waals surface area contributed by atoms with E-state index in [0.29, 0.717) is 36.9 Å². The van der Waals surface area contributed by atoms with Gasteiger partial charge in [-0.1, -0.05) is 48.5 Å². The fraction of sp³-hybridized carbons (Fsp3) is 0.231. The Morgan fingerprint density at radius 2 is 1.75 bits per heavy atom. The summed E-state index contributed by atoms with van der Waals surface area (Å²) in [5.74, 6) is 1.23. The molecule has 0 fully saturated rings. The van der Waals surface area contributed by atoms with Crippen LogP contribution in [0.4, 0.5) is 5.69 Å². The highest BCUT2D eigenvalue weighted by Crippen LogP contribution is 2.29. The third-order valence-corrected chi connectivity index (χ3v) is 5.10. The van der Waals surface area contributed by atoms with Crippen LogP contribution in [0.2, 0.25) is 0 Å². The zero-order chi connectivity index (χ0) is 22.3. The van der Waals surface area contributed by atoms with E-state index < -0.39 is 0 Å². The maximum atomic E-state index is 12.6. The Kier molecular flexibility index (Phi) is 6.70. The summed E-state index contributed by atoms with van der Waals surface area (Å²) in [5.41, 5.74) is 2.71. The van der Waals surface area contributed by atoms with E-state index in [1.165, 1.54) is 16.3 Å². The van der Waals surface area contributed by atoms with Crippen LogP contribution in [-0.4, -0.2) is 28.9 Å². The van der Waals surface area contributed by atoms with Gasteiger partial charge in [-0.25, -0.2) is 0 Å². The van der Waals surface area contributed by atoms with Gasteiger partial charge in [0.1, 0.15) is 0 Å². The molecule has 0 atom stereocenters. The highest BCUT2D eigenvalue weighted by Gasteiger charge is 2.11. The van der Waals surface area contributed by atoms with Crippen LogP contribution in [0.15, 0.2) is 73.1 Å². The number of nitrogens with one attached hydrogen (secondary N) is 1. The SMILES string of the molecule is CCOc1ccc(CC(=O)Nc2cnn(Cc3cccc4ccccc34)c2)cc1OCC. The highest BCUT2D eigenvalue weighted by atomic mass is 16.5. The van der Waals surface area contributed by atoms with Crippen molar-refractivity contribution >= 4 is 22.4 Å². The lowest BCUT2D eigenvalue weighted by Crippen LogP contribution is -2.14. The Morgan fingerprint density at radius 1 is 0.969 bits per heavy atom. The number of carbonyl (C=O) groups is 1. The summed E-state index contributed by atoms with van der Waals surface area (Å²) >= 11 is 0. The van der Waals surface area contributed by atoms with Crippen molar-refractivity contribution < 1.29 is 14.3 Å². The maximum Gasteiger partial charge on any atom is 0.228 e. The van der Waals surface area contributed by atoms with Gasteiger partial charge < -0.3 is 14.8 Å². The van der Waals surface area contributed by atoms with Gasteiger partial charge in [-0.3, -0.25) is 9.48 Å². The van der Waals surface area contributed by atoms with E-state index in [9.17, 15) is 4.79 Å². The summed E-state index contributed by atoms with van der Waals surface area (Å²) in [7, 11) is 0. The molecule has 1 heterocycles. The maximum absolute atomic E-state index is 12.6. The number of rotatable bonds is 9. The normalized spacial score (nSPS) is 10.8. The quantitative estimate of drug-likeness (QED) is 0.404. The van der Waals surface area contributed by atoms with E-state index in [-0.39, 0.29) is 12.3 Å². The van der Waals surface area contributed by atoms with E-state index in [0.717, 1.165) is 5.56 Å². The molecule has 6 heteroatoms. The van der Waals surface area contributed by atoms with E-state index in [1.54, 1.807) is 6.20 Å². The largest absolute Gasteiger partial charge is 0.490 e. The molecule has 0 aliphatic carbocycles. The molecule has 32 heavy (non-hydrogen) atoms. The number of ether oxygens (including phenoxy) is 2. The molecule has 0 saturated heterocycles. The zero-order valence-corrected chi connectivity index (χ0v) is 18.4. The summed E-state index contributed by atoms with van der Waals surface area (Å²) < 4.78 is 13.1. The van der Waals surface area contributed by atoms with Gasteiger partial charge in [-0.15, -0.1) is 0 Å². The summed E-state index contributed by atoms with van der Waals surface area (Å²) in [4.78, 5) is 12.6. The van der Waals surface area contributed by atoms with Gasteiger partial charge in [0.25, 0.3) is 0 Å². The van der Waals surface area contributed by atoms with Gasteiger partial charge >= 0.3 is 0 Å². The molecule has 0 spiro atoms. The number of fused-ring (bicyclic) bond motifs is 1. The molecule has 4 aromatic rings. The standard InChI is InChI=1S/C26H27N3O3/c1-3-31-24-13-12-19(14-25(24)32-4-2)15-26(30)28-22-16-27-29(18-22)17-21-10-7-9-20-8-5-6-11-23(20)21/h5-14,16,18H,3-4,15,17H2,1-2H3,(H,28,30). The number of nitrogens with zero attached hydrogens (tertiary/aromatic N) is 2. The number of aromatic nitrogens is 2. The number of carbonyl (C=O) groups excluding carboxylic acids is 1. The second-order valence-electron chi connectivity index (χ2n) is 7.44. The average Bonchev–Trinajstić information content (AvgIpc) is 3.22. The number of hydrogen-bond donors (Lipinski definition) is 1. The van der Waals surface area contributed by atoms with Crippen molar-refractivity contribution in [1.82, 2.24) is 9.78 Å². The first-order chi connectivity index (χ1) is 15.7. The predicted molar refractivity (Wildman–Crippen MR) is 126 cm³/mol. The van der Waals surface area contributed by atoms with Gasteiger partial charge in [0.15, 0.2) is 11.5 Å². The number of benzene rings is 3. The monoisotopic (exact) mass is 429 g/mol. The lowest BCUT2D eigenvalue weighted by Gasteiger charge is -2.12. The molecular weight excluding hydrogens is 402 g/mol. The third kappa shape index (κ3) is 5.09. The average molecular weight is 430 g/mol. The molecule has 1 amide bonds. The van der Waals surface area contributed by atoms with Gasteiger partial charge in [0.2, 0.25) is 5.91 Å². The van der Waals surface area contributed by atoms with Crippen molar-refractivity contribution in [3.63, 3.8) is 0 Å². The molecule has 0 aliphatic rings. The van der Waals surface area contributed by atoms with E-state index in [2.05, 4.69) is 40.7 Å². The van der Waals surface area contributed by atoms with Gasteiger partial charge in [0.05, 0.1) is 38.1 Å². The van der Waals surface area contributed by atoms with E-state index >= 15 is 0 Å². The minimum Gasteiger partial charge on any atom is -0.490 e. The fourth-order valence-corrected chi connectivity index (χ4v) is 3.72. The van der Waals surface area contributed by atoms with Gasteiger partial charge in [0, 0.05) is 6.20 Å². The van der Waals surface area contributed by atoms with Crippen LogP contribution >= 0.6 is 0 Å². The van der Waals surface area contributed by atoms with Crippen LogP contribution in [0.25, 0.3) is 10.8 Å². The zero-order valence-electron chi connectivity index (χ0n) is 18.4. The molecule has 0 aliphatic heterocycles. The second kappa shape index (κ2) is 10.0. The van der Waals surface area contributed by atoms with Crippen LogP contribution in [0.3, 0.4) is 0 Å². The van der Waals surface area contributed by atoms with Crippen molar-refractivity contribution in [2.24, 2.45) is 0 Å². The van der Waals surface area contributed by atoms with Crippen LogP contribution < -0.4 is 14.8 Å². The molecule has 3 aromatic carbocycles. The van der Waals surface area contributed by atoms with Crippen LogP contribution in [-0.2, 0) is 17.8 Å². The van der Waals surface area contributed by atoms with Crippen LogP contribution in [0.1, 0.15) is 25.0 Å². The predicted octanol–water partition coefficient (Wildman–Crippen LogP) is 5.06. The smallest absolute Gasteiger partial charge is 0.228 e. The minimum atomic E-state index is -0.110. The molecular formula is C26H27N3O3. The topological polar surface area (TPSA) is 65.4 Å². The third-order valence-electron chi connectivity index (χ3n) is 5.10. The number of anilines is 1. The lowest BCUT2D eigenvalue weighted by atomic mass is 10.0. The number of amides is 1. The summed E-state index contributed by atoms with van der Waals surface area (Å²) in [6.07, 6.45) is 3.76. The second-order valence-corrected chi connectivity index (χ2v) is 7.44. The summed E-state index contributed by atoms with van der Waals surface area (Å²) in [6.45, 7) is 5.57. The van der Waals surface area contributed by atoms with Crippen LogP contribution in [0, 0.1) is 0 Å². The fourth-order valence-electron chi connectivity index (χ4n) is 3.72. The van der Waals surface area contributed by atoms with Crippen molar-refractivity contribution in [3.05, 3.63) is 84.2 Å². The molecule has 0 saturated carbocycles. The van der Waals surface area contributed by atoms with Crippen molar-refractivity contribution in [2.45, 2.75) is 26.8 Å². The van der Waals surface area contributed by atoms with E-state index in [4.69, 9.17) is 9.47 Å². The molecule has 0 radical (unpaired) electrons. The van der Waals surface area contributed by atoms with Gasteiger partial charge in [-0.05, 0) is 47.9 Å². The van der Waals surface area contributed by atoms with Crippen molar-refractivity contribution in [2.75, 3.05) is 18.5 Å². The Labute approximate surface area is 187 Å². The minimum absolute atomic E-state index is 0.110. The number of hydrogen-bond acceptors (Lipinski definition) is 4. The molecule has 4 rings (SSSR count). The summed E-state index contributed by atoms with van der Waals surface area (Å²) in [6, 6.07) is 20.1. The molecule has 1 aromatic heterocycles. The Morgan fingerprint density at radius 3 is 2.59 bits per heavy atom. The Balaban J connectivity index is 1.41. The molecule has 0 bridgehead atoms. The molecule has 1 N–H and O–H groups in total. The Bertz CT molecular complexity index is 1210. The van der Waals surface area contributed by atoms with Crippen molar-refractivity contribution in [3.8, 4) is 11.5 Å². The molecule has 0 unspecified atom stereocenters. The highest BCUT2D eigenvalue weighted by molar-refractivity contribution is 5.92. The lowest BCUT2D eigenvalue weighted by molar-refractivity contribution is -0.115. The Hall–Kier alpha value is -3.80. The van der Waals surface area contributed by atoms with Gasteiger partial charge in [-0.2, -0.15) is 5.10 Å². The van der Waals surface area contributed by atoms with E-state index in [1.807, 2.05) is 55.1 Å². The van der Waals surface area contributed by atoms with Crippen LogP contribution in [0.5, 0.6) is 11.5 Å². The molecule has 6 nitrogen and oxygen atoms in total. The van der Waals surface area contributed by atoms with Crippen molar-refractivity contribution in [1.29, 1.82) is 0 Å². The summed E-state index contributed by atoms with van der Waals surface area (Å²) in [5, 5.41) is 9.75. The first-order valence-corrected chi connectivity index (χ1v) is 10.8. The first kappa shape index (κ1) is 21.4.